The number of nitrogens with zero attached hydrogens (tertiary/aromatic N) is 2. The van der Waals surface area contributed by atoms with Crippen LogP contribution in [0.25, 0.3) is 0 Å². The third-order valence-electron chi connectivity index (χ3n) is 4.48. The molecule has 1 fully saturated rings. The number of likely N-dealkylation sites (tertiary alicyclic amines) is 1. The average Bonchev–Trinajstić information content (AvgIpc) is 3.02. The minimum absolute atomic E-state index is 0. The Hall–Kier alpha value is -1.06. The van der Waals surface area contributed by atoms with Crippen molar-refractivity contribution < 1.29 is 9.47 Å². The average molecular weight is 476 g/mol. The van der Waals surface area contributed by atoms with Crippen molar-refractivity contribution in [1.29, 1.82) is 0 Å². The highest BCUT2D eigenvalue weighted by atomic mass is 127. The van der Waals surface area contributed by atoms with Gasteiger partial charge in [-0.1, -0.05) is 12.1 Å². The number of aliphatic imine (C=N–C) groups is 1. The van der Waals surface area contributed by atoms with Crippen molar-refractivity contribution in [3.8, 4) is 5.75 Å². The van der Waals surface area contributed by atoms with E-state index < -0.39 is 0 Å². The van der Waals surface area contributed by atoms with Crippen LogP contribution in [0.2, 0.25) is 0 Å². The van der Waals surface area contributed by atoms with Crippen molar-refractivity contribution in [1.82, 2.24) is 15.5 Å². The first-order chi connectivity index (χ1) is 12.1. The van der Waals surface area contributed by atoms with Crippen molar-refractivity contribution in [3.05, 3.63) is 29.3 Å². The van der Waals surface area contributed by atoms with E-state index in [4.69, 9.17) is 9.47 Å². The molecule has 1 aromatic carbocycles. The first-order valence-corrected chi connectivity index (χ1v) is 8.96. The largest absolute Gasteiger partial charge is 0.491 e. The van der Waals surface area contributed by atoms with Gasteiger partial charge in [-0.25, -0.2) is 0 Å². The fraction of sp³-hybridized carbons (Fsp3) is 0.632. The molecule has 0 saturated carbocycles. The van der Waals surface area contributed by atoms with Crippen LogP contribution < -0.4 is 15.4 Å². The van der Waals surface area contributed by atoms with Gasteiger partial charge in [-0.15, -0.1) is 24.0 Å². The van der Waals surface area contributed by atoms with E-state index in [9.17, 15) is 0 Å². The molecule has 0 spiro atoms. The monoisotopic (exact) mass is 476 g/mol. The predicted molar refractivity (Wildman–Crippen MR) is 118 cm³/mol. The Morgan fingerprint density at radius 2 is 2.12 bits per heavy atom. The lowest BCUT2D eigenvalue weighted by atomic mass is 10.1. The molecule has 1 atom stereocenters. The van der Waals surface area contributed by atoms with Crippen LogP contribution in [0.5, 0.6) is 5.75 Å². The van der Waals surface area contributed by atoms with Crippen molar-refractivity contribution in [2.45, 2.75) is 19.9 Å². The molecular weight excluding hydrogens is 443 g/mol. The highest BCUT2D eigenvalue weighted by molar-refractivity contribution is 14.0. The van der Waals surface area contributed by atoms with E-state index in [0.717, 1.165) is 30.4 Å². The summed E-state index contributed by atoms with van der Waals surface area (Å²) in [4.78, 5) is 6.70. The fourth-order valence-corrected chi connectivity index (χ4v) is 3.01. The zero-order valence-corrected chi connectivity index (χ0v) is 18.7. The van der Waals surface area contributed by atoms with E-state index in [1.54, 1.807) is 14.2 Å². The van der Waals surface area contributed by atoms with Crippen LogP contribution in [0.4, 0.5) is 0 Å². The number of guanidine groups is 1. The van der Waals surface area contributed by atoms with Crippen molar-refractivity contribution >= 4 is 29.9 Å². The zero-order chi connectivity index (χ0) is 18.1. The lowest BCUT2D eigenvalue weighted by Gasteiger charge is -2.17. The summed E-state index contributed by atoms with van der Waals surface area (Å²) in [5.41, 5.74) is 2.30. The predicted octanol–water partition coefficient (Wildman–Crippen LogP) is 2.25. The number of rotatable bonds is 8. The minimum atomic E-state index is 0. The fourth-order valence-electron chi connectivity index (χ4n) is 3.01. The molecule has 6 nitrogen and oxygen atoms in total. The number of halogens is 1. The summed E-state index contributed by atoms with van der Waals surface area (Å²) >= 11 is 0. The maximum Gasteiger partial charge on any atom is 0.191 e. The zero-order valence-electron chi connectivity index (χ0n) is 16.4. The van der Waals surface area contributed by atoms with Gasteiger partial charge in [0, 0.05) is 39.4 Å². The summed E-state index contributed by atoms with van der Waals surface area (Å²) in [6.07, 6.45) is 1.25. The maximum atomic E-state index is 5.85. The molecule has 26 heavy (non-hydrogen) atoms. The van der Waals surface area contributed by atoms with Crippen molar-refractivity contribution in [3.63, 3.8) is 0 Å². The maximum absolute atomic E-state index is 5.85. The first kappa shape index (κ1) is 23.0. The molecule has 7 heteroatoms. The molecule has 1 aromatic rings. The van der Waals surface area contributed by atoms with Crippen LogP contribution in [-0.2, 0) is 11.3 Å². The number of aryl methyl sites for hydroxylation is 1. The Labute approximate surface area is 174 Å². The lowest BCUT2D eigenvalue weighted by Crippen LogP contribution is -2.39. The van der Waals surface area contributed by atoms with E-state index >= 15 is 0 Å². The van der Waals surface area contributed by atoms with E-state index in [-0.39, 0.29) is 24.0 Å². The van der Waals surface area contributed by atoms with E-state index in [2.05, 4.69) is 52.7 Å². The molecule has 0 amide bonds. The van der Waals surface area contributed by atoms with Crippen LogP contribution in [0.1, 0.15) is 17.5 Å². The summed E-state index contributed by atoms with van der Waals surface area (Å²) in [5.74, 6) is 2.42. The van der Waals surface area contributed by atoms with Gasteiger partial charge < -0.3 is 25.0 Å². The third kappa shape index (κ3) is 7.67. The smallest absolute Gasteiger partial charge is 0.191 e. The number of hydrogen-bond donors (Lipinski definition) is 2. The van der Waals surface area contributed by atoms with E-state index in [1.807, 2.05) is 0 Å². The van der Waals surface area contributed by atoms with Crippen LogP contribution in [0.3, 0.4) is 0 Å². The Morgan fingerprint density at radius 3 is 2.77 bits per heavy atom. The molecule has 2 rings (SSSR count). The molecule has 1 aliphatic heterocycles. The lowest BCUT2D eigenvalue weighted by molar-refractivity contribution is 0.145. The third-order valence-corrected chi connectivity index (χ3v) is 4.48. The number of ether oxygens (including phenoxy) is 2. The first-order valence-electron chi connectivity index (χ1n) is 8.96. The van der Waals surface area contributed by atoms with Gasteiger partial charge in [0.05, 0.1) is 6.61 Å². The van der Waals surface area contributed by atoms with E-state index in [1.165, 1.54) is 18.5 Å². The number of benzene rings is 1. The Balaban J connectivity index is 0.00000338. The minimum Gasteiger partial charge on any atom is -0.491 e. The Kier molecular flexibility index (Phi) is 10.9. The van der Waals surface area contributed by atoms with Crippen LogP contribution in [0, 0.1) is 12.8 Å². The van der Waals surface area contributed by atoms with Gasteiger partial charge in [-0.2, -0.15) is 0 Å². The summed E-state index contributed by atoms with van der Waals surface area (Å²) < 4.78 is 10.9. The molecule has 1 heterocycles. The van der Waals surface area contributed by atoms with Crippen LogP contribution in [0.15, 0.2) is 23.2 Å². The van der Waals surface area contributed by atoms with E-state index in [0.29, 0.717) is 25.7 Å². The SMILES string of the molecule is CN=C(NCc1ccc(C)cc1OCCOC)NCC1CCN(C)C1.I. The molecular formula is C19H33IN4O2. The second kappa shape index (κ2) is 12.3. The van der Waals surface area contributed by atoms with Gasteiger partial charge in [-0.3, -0.25) is 4.99 Å². The standard InChI is InChI=1S/C19H32N4O2.HI/c1-15-5-6-17(18(11-15)25-10-9-24-4)13-22-19(20-2)21-12-16-7-8-23(3)14-16;/h5-6,11,16H,7-10,12-14H2,1-4H3,(H2,20,21,22);1H. The molecule has 1 aliphatic rings. The molecule has 1 saturated heterocycles. The van der Waals surface area contributed by atoms with Gasteiger partial charge >= 0.3 is 0 Å². The molecule has 0 aromatic heterocycles. The Bertz CT molecular complexity index is 568. The van der Waals surface area contributed by atoms with Crippen molar-refractivity contribution in [2.24, 2.45) is 10.9 Å². The van der Waals surface area contributed by atoms with Gasteiger partial charge in [0.2, 0.25) is 0 Å². The number of hydrogen-bond acceptors (Lipinski definition) is 4. The van der Waals surface area contributed by atoms with Crippen molar-refractivity contribution in [2.75, 3.05) is 54.1 Å². The van der Waals surface area contributed by atoms with Gasteiger partial charge in [0.1, 0.15) is 12.4 Å². The number of methoxy groups -OCH3 is 1. The summed E-state index contributed by atoms with van der Waals surface area (Å²) in [6, 6.07) is 6.27. The van der Waals surface area contributed by atoms with Gasteiger partial charge in [0.15, 0.2) is 5.96 Å². The second-order valence-electron chi connectivity index (χ2n) is 6.68. The van der Waals surface area contributed by atoms with Gasteiger partial charge in [0.25, 0.3) is 0 Å². The molecule has 2 N–H and O–H groups in total. The number of nitrogens with one attached hydrogen (secondary N) is 2. The summed E-state index contributed by atoms with van der Waals surface area (Å²) in [5, 5.41) is 6.82. The topological polar surface area (TPSA) is 58.1 Å². The Morgan fingerprint density at radius 1 is 1.31 bits per heavy atom. The van der Waals surface area contributed by atoms with Crippen LogP contribution in [-0.4, -0.2) is 64.9 Å². The highest BCUT2D eigenvalue weighted by Gasteiger charge is 2.19. The summed E-state index contributed by atoms with van der Waals surface area (Å²) in [6.45, 7) is 7.17. The van der Waals surface area contributed by atoms with Crippen LogP contribution >= 0.6 is 24.0 Å². The quantitative estimate of drug-likeness (QED) is 0.261. The molecule has 148 valence electrons. The summed E-state index contributed by atoms with van der Waals surface area (Å²) in [7, 11) is 5.66. The molecule has 1 unspecified atom stereocenters. The normalized spacial score (nSPS) is 17.7. The molecule has 0 bridgehead atoms. The highest BCUT2D eigenvalue weighted by Crippen LogP contribution is 2.20. The van der Waals surface area contributed by atoms with Gasteiger partial charge in [-0.05, 0) is 44.5 Å². The second-order valence-corrected chi connectivity index (χ2v) is 6.68. The molecule has 0 aliphatic carbocycles. The molecule has 0 radical (unpaired) electrons.